The Bertz CT molecular complexity index is 2080. The number of ether oxygens (including phenoxy) is 2. The second-order valence-corrected chi connectivity index (χ2v) is 16.3. The molecule has 0 spiro atoms. The lowest BCUT2D eigenvalue weighted by Crippen LogP contribution is -2.52. The lowest BCUT2D eigenvalue weighted by Gasteiger charge is -2.32. The van der Waals surface area contributed by atoms with E-state index in [9.17, 15) is 24.3 Å². The van der Waals surface area contributed by atoms with Crippen LogP contribution in [-0.4, -0.2) is 104 Å². The van der Waals surface area contributed by atoms with Crippen LogP contribution in [0.15, 0.2) is 54.7 Å². The molecular weight excluding hydrogens is 764 g/mol. The average Bonchev–Trinajstić information content (AvgIpc) is 4.01. The van der Waals surface area contributed by atoms with E-state index < -0.39 is 30.3 Å². The highest BCUT2D eigenvalue weighted by Gasteiger charge is 2.43. The fourth-order valence-corrected chi connectivity index (χ4v) is 8.37. The molecule has 0 radical (unpaired) electrons. The Morgan fingerprint density at radius 2 is 1.45 bits per heavy atom. The molecule has 6 atom stereocenters. The highest BCUT2D eigenvalue weighted by Crippen LogP contribution is 2.39. The van der Waals surface area contributed by atoms with Gasteiger partial charge in [-0.05, 0) is 54.7 Å². The fraction of sp³-hybridized carbons (Fsp3) is 0.476. The van der Waals surface area contributed by atoms with Gasteiger partial charge in [0.2, 0.25) is 11.8 Å². The molecule has 4 heterocycles. The van der Waals surface area contributed by atoms with Gasteiger partial charge in [-0.25, -0.2) is 19.6 Å². The van der Waals surface area contributed by atoms with Gasteiger partial charge in [0, 0.05) is 31.2 Å². The van der Waals surface area contributed by atoms with E-state index in [2.05, 4.69) is 20.6 Å². The molecule has 2 saturated heterocycles. The number of carboxylic acid groups (broad SMARTS) is 1. The first-order chi connectivity index (χ1) is 27.7. The van der Waals surface area contributed by atoms with Crippen molar-refractivity contribution in [2.24, 2.45) is 17.8 Å². The van der Waals surface area contributed by atoms with Gasteiger partial charge >= 0.3 is 12.2 Å². The summed E-state index contributed by atoms with van der Waals surface area (Å²) in [5, 5.41) is 14.8. The lowest BCUT2D eigenvalue weighted by atomic mass is 10.0. The normalized spacial score (nSPS) is 20.4. The number of halogens is 1. The zero-order valence-electron chi connectivity index (χ0n) is 33.9. The van der Waals surface area contributed by atoms with E-state index in [4.69, 9.17) is 31.0 Å². The molecule has 2 fully saturated rings. The minimum Gasteiger partial charge on any atom is -0.465 e. The zero-order chi connectivity index (χ0) is 41.8. The number of nitrogens with one attached hydrogen (secondary N) is 4. The van der Waals surface area contributed by atoms with Gasteiger partial charge in [-0.1, -0.05) is 87.8 Å². The number of carbonyl (C=O) groups excluding carboxylic acids is 3. The summed E-state index contributed by atoms with van der Waals surface area (Å²) in [6, 6.07) is 13.7. The number of hydrogen-bond donors (Lipinski definition) is 5. The Balaban J connectivity index is 1.16. The van der Waals surface area contributed by atoms with Gasteiger partial charge < -0.3 is 45.0 Å². The predicted molar refractivity (Wildman–Crippen MR) is 219 cm³/mol. The van der Waals surface area contributed by atoms with E-state index >= 15 is 0 Å². The van der Waals surface area contributed by atoms with Gasteiger partial charge in [0.05, 0.1) is 37.7 Å². The van der Waals surface area contributed by atoms with Crippen LogP contribution < -0.4 is 10.6 Å². The Labute approximate surface area is 343 Å². The van der Waals surface area contributed by atoms with E-state index in [1.54, 1.807) is 32.1 Å². The predicted octanol–water partition coefficient (Wildman–Crippen LogP) is 7.05. The number of likely N-dealkylation sites (tertiary alicyclic amines) is 2. The third-order valence-electron chi connectivity index (χ3n) is 11.2. The second-order valence-electron chi connectivity index (χ2n) is 15.9. The van der Waals surface area contributed by atoms with E-state index in [1.165, 1.54) is 7.11 Å². The first-order valence-electron chi connectivity index (χ1n) is 19.7. The van der Waals surface area contributed by atoms with Crippen molar-refractivity contribution < 1.29 is 33.8 Å². The Morgan fingerprint density at radius 1 is 0.845 bits per heavy atom. The number of H-pyrrole nitrogens is 2. The molecule has 5 N–H and O–H groups in total. The van der Waals surface area contributed by atoms with Crippen LogP contribution in [0.2, 0.25) is 5.15 Å². The van der Waals surface area contributed by atoms with Crippen LogP contribution in [0.25, 0.3) is 33.6 Å². The summed E-state index contributed by atoms with van der Waals surface area (Å²) >= 11 is 6.74. The third-order valence-corrected chi connectivity index (χ3v) is 11.5. The van der Waals surface area contributed by atoms with Crippen molar-refractivity contribution >= 4 is 35.6 Å². The van der Waals surface area contributed by atoms with Crippen LogP contribution in [0.1, 0.15) is 77.6 Å². The van der Waals surface area contributed by atoms with Crippen molar-refractivity contribution in [1.82, 2.24) is 40.4 Å². The van der Waals surface area contributed by atoms with Crippen LogP contribution in [0.4, 0.5) is 9.59 Å². The molecule has 0 aliphatic carbocycles. The van der Waals surface area contributed by atoms with Gasteiger partial charge in [-0.3, -0.25) is 9.59 Å². The van der Waals surface area contributed by atoms with Crippen LogP contribution >= 0.6 is 11.6 Å². The molecule has 2 unspecified atom stereocenters. The SMILES string of the molecule is COC[C@H]1CC(c2nc(-c3ccc(-c4ccc(-c5cnc([C@H]6CC[C@H](C)N6C(=O)C(NC(=O)OC)C(C)C)[nH]5)cc4)cc3)c(Cl)[nH]2)N(C(=O)[C@@H](NC(=O)O)C(C)C)C1. The third kappa shape index (κ3) is 9.00. The largest absolute Gasteiger partial charge is 0.465 e. The number of aromatic nitrogens is 4. The lowest BCUT2D eigenvalue weighted by molar-refractivity contribution is -0.137. The van der Waals surface area contributed by atoms with Gasteiger partial charge in [0.1, 0.15) is 34.6 Å². The molecule has 2 aromatic heterocycles. The molecule has 0 bridgehead atoms. The average molecular weight is 817 g/mol. The number of imidazole rings is 2. The number of hydrogen-bond acceptors (Lipinski definition) is 8. The van der Waals surface area contributed by atoms with Crippen molar-refractivity contribution in [2.45, 2.75) is 84.1 Å². The van der Waals surface area contributed by atoms with Crippen molar-refractivity contribution in [3.8, 4) is 33.6 Å². The summed E-state index contributed by atoms with van der Waals surface area (Å²) in [6.45, 7) is 10.3. The molecule has 4 aromatic rings. The number of alkyl carbamates (subject to hydrolysis) is 1. The smallest absolute Gasteiger partial charge is 0.407 e. The van der Waals surface area contributed by atoms with Crippen molar-refractivity contribution in [1.29, 1.82) is 0 Å². The molecule has 6 rings (SSSR count). The molecule has 310 valence electrons. The number of amides is 4. The molecular formula is C42H53ClN8O7. The number of carbonyl (C=O) groups is 4. The Kier molecular flexibility index (Phi) is 13.1. The zero-order valence-corrected chi connectivity index (χ0v) is 34.7. The minimum absolute atomic E-state index is 0.0157. The number of nitrogens with zero attached hydrogens (tertiary/aromatic N) is 4. The summed E-state index contributed by atoms with van der Waals surface area (Å²) in [5.74, 6) is 0.416. The van der Waals surface area contributed by atoms with Gasteiger partial charge in [-0.15, -0.1) is 0 Å². The van der Waals surface area contributed by atoms with Gasteiger partial charge in [0.15, 0.2) is 0 Å². The maximum atomic E-state index is 13.8. The van der Waals surface area contributed by atoms with Crippen LogP contribution in [0.3, 0.4) is 0 Å². The fourth-order valence-electron chi connectivity index (χ4n) is 8.12. The summed E-state index contributed by atoms with van der Waals surface area (Å²) < 4.78 is 10.2. The highest BCUT2D eigenvalue weighted by atomic mass is 35.5. The van der Waals surface area contributed by atoms with Crippen molar-refractivity contribution in [2.75, 3.05) is 27.4 Å². The first-order valence-corrected chi connectivity index (χ1v) is 20.0. The standard InChI is InChI=1S/C42H53ClN8O7/c1-22(2)33(47-41(54)55)39(52)50-20-25(21-57-6)18-32(50)38-46-35(36(43)49-38)29-15-11-27(12-16-29)26-9-13-28(14-10-26)30-19-44-37(45-30)31-17-8-24(5)51(31)40(53)34(23(3)4)48-42(56)58-7/h9-16,19,22-25,31-34,47H,8,17-18,20-21H2,1-7H3,(H,44,45)(H,46,49)(H,48,56)(H,54,55)/t24-,25-,31+,32?,33-,34?/m0/s1. The molecule has 58 heavy (non-hydrogen) atoms. The monoisotopic (exact) mass is 816 g/mol. The molecule has 16 heteroatoms. The number of aromatic amines is 2. The highest BCUT2D eigenvalue weighted by molar-refractivity contribution is 6.31. The quantitative estimate of drug-likeness (QED) is 0.0940. The van der Waals surface area contributed by atoms with Crippen LogP contribution in [-0.2, 0) is 19.1 Å². The molecule has 2 aliphatic rings. The van der Waals surface area contributed by atoms with E-state index in [0.29, 0.717) is 42.1 Å². The Hall–Kier alpha value is -5.41. The maximum Gasteiger partial charge on any atom is 0.407 e. The summed E-state index contributed by atoms with van der Waals surface area (Å²) in [5.41, 5.74) is 5.11. The Morgan fingerprint density at radius 3 is 2.03 bits per heavy atom. The van der Waals surface area contributed by atoms with Gasteiger partial charge in [-0.2, -0.15) is 0 Å². The summed E-state index contributed by atoms with van der Waals surface area (Å²) in [4.78, 5) is 70.7. The van der Waals surface area contributed by atoms with Crippen molar-refractivity contribution in [3.05, 3.63) is 71.5 Å². The number of methoxy groups -OCH3 is 2. The van der Waals surface area contributed by atoms with E-state index in [-0.39, 0.29) is 41.7 Å². The second kappa shape index (κ2) is 18.0. The molecule has 4 amide bonds. The molecule has 15 nitrogen and oxygen atoms in total. The summed E-state index contributed by atoms with van der Waals surface area (Å²) in [7, 11) is 2.90. The van der Waals surface area contributed by atoms with E-state index in [0.717, 1.165) is 40.8 Å². The van der Waals surface area contributed by atoms with Crippen LogP contribution in [0.5, 0.6) is 0 Å². The molecule has 2 aromatic carbocycles. The first kappa shape index (κ1) is 42.2. The van der Waals surface area contributed by atoms with E-state index in [1.807, 2.05) is 74.2 Å². The topological polar surface area (TPSA) is 195 Å². The minimum atomic E-state index is -1.25. The maximum absolute atomic E-state index is 13.8. The molecule has 0 saturated carbocycles. The number of benzene rings is 2. The molecule has 2 aliphatic heterocycles. The summed E-state index contributed by atoms with van der Waals surface area (Å²) in [6.07, 6.45) is 2.05. The number of rotatable bonds is 13. The van der Waals surface area contributed by atoms with Gasteiger partial charge in [0.25, 0.3) is 0 Å². The van der Waals surface area contributed by atoms with Crippen LogP contribution in [0, 0.1) is 17.8 Å². The van der Waals surface area contributed by atoms with Crippen molar-refractivity contribution in [3.63, 3.8) is 0 Å².